The van der Waals surface area contributed by atoms with Crippen LogP contribution in [-0.2, 0) is 6.54 Å². The molecule has 3 N–H and O–H groups in total. The molecule has 1 aromatic carbocycles. The summed E-state index contributed by atoms with van der Waals surface area (Å²) in [7, 11) is 0. The maximum absolute atomic E-state index is 8.47. The van der Waals surface area contributed by atoms with Gasteiger partial charge in [0.25, 0.3) is 0 Å². The average molecular weight is 263 g/mol. The van der Waals surface area contributed by atoms with Gasteiger partial charge in [-0.05, 0) is 25.5 Å². The van der Waals surface area contributed by atoms with Crippen molar-refractivity contribution in [2.45, 2.75) is 25.8 Å². The average Bonchev–Trinajstić information content (AvgIpc) is 2.65. The minimum atomic E-state index is 0.310. The van der Waals surface area contributed by atoms with Gasteiger partial charge < -0.3 is 15.7 Å². The molecule has 104 valence electrons. The number of para-hydroxylation sites is 1. The molecule has 0 radical (unpaired) electrons. The first-order valence-electron chi connectivity index (χ1n) is 6.69. The van der Waals surface area contributed by atoms with E-state index in [9.17, 15) is 0 Å². The zero-order valence-corrected chi connectivity index (χ0v) is 11.1. The summed E-state index contributed by atoms with van der Waals surface area (Å²) in [4.78, 5) is 2.39. The Morgan fingerprint density at radius 3 is 3.05 bits per heavy atom. The number of hydrogen-bond donors (Lipinski definition) is 2. The lowest BCUT2D eigenvalue weighted by molar-refractivity contribution is 0.223. The third-order valence-corrected chi connectivity index (χ3v) is 3.32. The van der Waals surface area contributed by atoms with Crippen LogP contribution in [0.25, 0.3) is 0 Å². The molecule has 0 aromatic heterocycles. The second-order valence-electron chi connectivity index (χ2n) is 4.78. The molecule has 5 heteroatoms. The summed E-state index contributed by atoms with van der Waals surface area (Å²) in [6.45, 7) is 3.62. The predicted octanol–water partition coefficient (Wildman–Crippen LogP) is 1.80. The van der Waals surface area contributed by atoms with Crippen molar-refractivity contribution in [1.82, 2.24) is 4.90 Å². The van der Waals surface area contributed by atoms with Gasteiger partial charge >= 0.3 is 0 Å². The molecule has 0 aliphatic carbocycles. The standard InChI is InChI=1S/C14H21N3O2/c15-14(16-18)7-3-4-8-17-9-10-19-13-6-2-1-5-12(13)11-17/h1-2,5-6,18H,3-4,7-11H2,(H2,15,16). The number of nitrogens with two attached hydrogens (primary N) is 1. The zero-order chi connectivity index (χ0) is 13.5. The van der Waals surface area contributed by atoms with Gasteiger partial charge in [-0.1, -0.05) is 23.4 Å². The summed E-state index contributed by atoms with van der Waals surface area (Å²) in [6.07, 6.45) is 2.63. The van der Waals surface area contributed by atoms with Crippen molar-refractivity contribution in [3.8, 4) is 5.75 Å². The molecular weight excluding hydrogens is 242 g/mol. The molecule has 0 spiro atoms. The summed E-state index contributed by atoms with van der Waals surface area (Å²) < 4.78 is 5.73. The predicted molar refractivity (Wildman–Crippen MR) is 74.5 cm³/mol. The molecule has 0 bridgehead atoms. The van der Waals surface area contributed by atoms with E-state index in [4.69, 9.17) is 15.7 Å². The van der Waals surface area contributed by atoms with Crippen LogP contribution in [0.5, 0.6) is 5.75 Å². The summed E-state index contributed by atoms with van der Waals surface area (Å²) in [5.74, 6) is 1.31. The van der Waals surface area contributed by atoms with Gasteiger partial charge in [0, 0.05) is 25.1 Å². The highest BCUT2D eigenvalue weighted by molar-refractivity contribution is 5.79. The molecule has 19 heavy (non-hydrogen) atoms. The normalized spacial score (nSPS) is 16.5. The van der Waals surface area contributed by atoms with E-state index in [0.717, 1.165) is 44.8 Å². The first-order chi connectivity index (χ1) is 9.29. The smallest absolute Gasteiger partial charge is 0.139 e. The van der Waals surface area contributed by atoms with E-state index in [1.54, 1.807) is 0 Å². The van der Waals surface area contributed by atoms with Crippen molar-refractivity contribution in [3.05, 3.63) is 29.8 Å². The molecule has 5 nitrogen and oxygen atoms in total. The number of amidine groups is 1. The van der Waals surface area contributed by atoms with E-state index in [2.05, 4.69) is 16.1 Å². The highest BCUT2D eigenvalue weighted by atomic mass is 16.5. The van der Waals surface area contributed by atoms with E-state index in [1.165, 1.54) is 5.56 Å². The number of ether oxygens (including phenoxy) is 1. The van der Waals surface area contributed by atoms with Crippen LogP contribution in [-0.4, -0.2) is 35.6 Å². The second kappa shape index (κ2) is 6.99. The first-order valence-corrected chi connectivity index (χ1v) is 6.69. The van der Waals surface area contributed by atoms with E-state index in [1.807, 2.05) is 18.2 Å². The third-order valence-electron chi connectivity index (χ3n) is 3.32. The molecule has 1 aromatic rings. The Bertz CT molecular complexity index is 434. The zero-order valence-electron chi connectivity index (χ0n) is 11.1. The van der Waals surface area contributed by atoms with Gasteiger partial charge in [0.15, 0.2) is 0 Å². The second-order valence-corrected chi connectivity index (χ2v) is 4.78. The van der Waals surface area contributed by atoms with Crippen LogP contribution in [0.3, 0.4) is 0 Å². The Labute approximate surface area is 113 Å². The number of unbranched alkanes of at least 4 members (excludes halogenated alkanes) is 1. The van der Waals surface area contributed by atoms with Crippen molar-refractivity contribution in [1.29, 1.82) is 0 Å². The van der Waals surface area contributed by atoms with E-state index < -0.39 is 0 Å². The lowest BCUT2D eigenvalue weighted by Gasteiger charge is -2.18. The number of rotatable bonds is 5. The number of fused-ring (bicyclic) bond motifs is 1. The van der Waals surface area contributed by atoms with Crippen LogP contribution in [0.1, 0.15) is 24.8 Å². The van der Waals surface area contributed by atoms with Crippen LogP contribution < -0.4 is 10.5 Å². The Kier molecular flexibility index (Phi) is 5.03. The van der Waals surface area contributed by atoms with Gasteiger partial charge in [0.1, 0.15) is 18.2 Å². The molecule has 0 atom stereocenters. The Hall–Kier alpha value is -1.75. The number of nitrogens with zero attached hydrogens (tertiary/aromatic N) is 2. The molecule has 1 heterocycles. The largest absolute Gasteiger partial charge is 0.492 e. The highest BCUT2D eigenvalue weighted by Gasteiger charge is 2.14. The lowest BCUT2D eigenvalue weighted by atomic mass is 10.1. The molecular formula is C14H21N3O2. The summed E-state index contributed by atoms with van der Waals surface area (Å²) >= 11 is 0. The number of hydrogen-bond acceptors (Lipinski definition) is 4. The minimum Gasteiger partial charge on any atom is -0.492 e. The van der Waals surface area contributed by atoms with Crippen LogP contribution in [0, 0.1) is 0 Å². The Morgan fingerprint density at radius 2 is 2.21 bits per heavy atom. The fourth-order valence-corrected chi connectivity index (χ4v) is 2.26. The highest BCUT2D eigenvalue weighted by Crippen LogP contribution is 2.22. The van der Waals surface area contributed by atoms with Crippen molar-refractivity contribution in [2.24, 2.45) is 10.9 Å². The molecule has 0 fully saturated rings. The van der Waals surface area contributed by atoms with Gasteiger partial charge in [0.05, 0.1) is 0 Å². The van der Waals surface area contributed by atoms with E-state index in [0.29, 0.717) is 12.3 Å². The Morgan fingerprint density at radius 1 is 1.37 bits per heavy atom. The van der Waals surface area contributed by atoms with Crippen molar-refractivity contribution in [2.75, 3.05) is 19.7 Å². The molecule has 0 amide bonds. The maximum Gasteiger partial charge on any atom is 0.139 e. The molecule has 1 aliphatic rings. The fourth-order valence-electron chi connectivity index (χ4n) is 2.26. The van der Waals surface area contributed by atoms with Crippen molar-refractivity contribution in [3.63, 3.8) is 0 Å². The molecule has 1 aliphatic heterocycles. The van der Waals surface area contributed by atoms with Crippen LogP contribution in [0.2, 0.25) is 0 Å². The third kappa shape index (κ3) is 4.13. The van der Waals surface area contributed by atoms with E-state index in [-0.39, 0.29) is 0 Å². The molecule has 0 unspecified atom stereocenters. The van der Waals surface area contributed by atoms with Gasteiger partial charge in [0.2, 0.25) is 0 Å². The van der Waals surface area contributed by atoms with E-state index >= 15 is 0 Å². The number of oxime groups is 1. The van der Waals surface area contributed by atoms with Crippen molar-refractivity contribution >= 4 is 5.84 Å². The van der Waals surface area contributed by atoms with Crippen LogP contribution in [0.15, 0.2) is 29.4 Å². The van der Waals surface area contributed by atoms with Crippen LogP contribution in [0.4, 0.5) is 0 Å². The first kappa shape index (κ1) is 13.7. The number of benzene rings is 1. The Balaban J connectivity index is 1.79. The van der Waals surface area contributed by atoms with Gasteiger partial charge in [-0.2, -0.15) is 0 Å². The summed E-state index contributed by atoms with van der Waals surface area (Å²) in [6, 6.07) is 8.19. The maximum atomic E-state index is 8.47. The lowest BCUT2D eigenvalue weighted by Crippen LogP contribution is -2.27. The quantitative estimate of drug-likeness (QED) is 0.279. The molecule has 2 rings (SSSR count). The molecule has 0 saturated carbocycles. The monoisotopic (exact) mass is 263 g/mol. The van der Waals surface area contributed by atoms with Gasteiger partial charge in [-0.15, -0.1) is 0 Å². The minimum absolute atomic E-state index is 0.310. The fraction of sp³-hybridized carbons (Fsp3) is 0.500. The van der Waals surface area contributed by atoms with Crippen molar-refractivity contribution < 1.29 is 9.94 Å². The van der Waals surface area contributed by atoms with Crippen LogP contribution >= 0.6 is 0 Å². The molecule has 0 saturated heterocycles. The topological polar surface area (TPSA) is 71.1 Å². The summed E-state index contributed by atoms with van der Waals surface area (Å²) in [5.41, 5.74) is 6.69. The van der Waals surface area contributed by atoms with Gasteiger partial charge in [-0.3, -0.25) is 4.90 Å². The van der Waals surface area contributed by atoms with Gasteiger partial charge in [-0.25, -0.2) is 0 Å². The SMILES string of the molecule is NC(CCCCN1CCOc2ccccc2C1)=NO. The summed E-state index contributed by atoms with van der Waals surface area (Å²) in [5, 5.41) is 11.4.